The molecule has 2 aromatic rings. The molecule has 0 aliphatic carbocycles. The third-order valence-corrected chi connectivity index (χ3v) is 4.91. The fraction of sp³-hybridized carbons (Fsp3) is 0.176. The van der Waals surface area contributed by atoms with Gasteiger partial charge in [-0.25, -0.2) is 17.9 Å². The molecular formula is C17H18N2O5S. The lowest BCUT2D eigenvalue weighted by Crippen LogP contribution is -2.44. The Kier molecular flexibility index (Phi) is 5.76. The van der Waals surface area contributed by atoms with Crippen LogP contribution in [-0.4, -0.2) is 37.0 Å². The van der Waals surface area contributed by atoms with Crippen molar-refractivity contribution in [3.05, 3.63) is 65.7 Å². The van der Waals surface area contributed by atoms with E-state index >= 15 is 0 Å². The zero-order chi connectivity index (χ0) is 18.4. The van der Waals surface area contributed by atoms with Crippen LogP contribution >= 0.6 is 0 Å². The second-order valence-electron chi connectivity index (χ2n) is 5.41. The van der Waals surface area contributed by atoms with Gasteiger partial charge in [0.15, 0.2) is 0 Å². The molecule has 0 spiro atoms. The lowest BCUT2D eigenvalue weighted by Gasteiger charge is -2.21. The number of aryl methyl sites for hydroxylation is 1. The van der Waals surface area contributed by atoms with E-state index in [9.17, 15) is 18.0 Å². The van der Waals surface area contributed by atoms with Gasteiger partial charge in [-0.1, -0.05) is 48.5 Å². The molecule has 132 valence electrons. The molecule has 0 bridgehead atoms. The third kappa shape index (κ3) is 5.05. The Bertz CT molecular complexity index is 866. The molecule has 0 atom stereocenters. The number of hydrogen-bond donors (Lipinski definition) is 2. The summed E-state index contributed by atoms with van der Waals surface area (Å²) in [7, 11) is -4.10. The molecule has 2 aromatic carbocycles. The summed E-state index contributed by atoms with van der Waals surface area (Å²) < 4.78 is 26.7. The minimum Gasteiger partial charge on any atom is -0.480 e. The lowest BCUT2D eigenvalue weighted by molar-refractivity contribution is -0.137. The van der Waals surface area contributed by atoms with E-state index in [1.807, 2.05) is 4.72 Å². The quantitative estimate of drug-likeness (QED) is 0.818. The molecule has 0 aromatic heterocycles. The van der Waals surface area contributed by atoms with Crippen LogP contribution in [-0.2, 0) is 21.4 Å². The predicted molar refractivity (Wildman–Crippen MR) is 91.4 cm³/mol. The van der Waals surface area contributed by atoms with Crippen molar-refractivity contribution >= 4 is 22.0 Å². The minimum absolute atomic E-state index is 0.0255. The highest BCUT2D eigenvalue weighted by molar-refractivity contribution is 7.90. The van der Waals surface area contributed by atoms with Crippen LogP contribution in [0.5, 0.6) is 0 Å². The van der Waals surface area contributed by atoms with Crippen LogP contribution in [0.25, 0.3) is 0 Å². The Hall–Kier alpha value is -2.87. The summed E-state index contributed by atoms with van der Waals surface area (Å²) in [5.41, 5.74) is 1.17. The van der Waals surface area contributed by atoms with Crippen LogP contribution in [0.15, 0.2) is 59.5 Å². The van der Waals surface area contributed by atoms with Crippen molar-refractivity contribution in [3.63, 3.8) is 0 Å². The number of carbonyl (C=O) groups excluding carboxylic acids is 1. The SMILES string of the molecule is Cc1ccccc1S(=O)(=O)NC(=O)N(CC(=O)O)Cc1ccccc1. The minimum atomic E-state index is -4.10. The molecule has 25 heavy (non-hydrogen) atoms. The van der Waals surface area contributed by atoms with Crippen molar-refractivity contribution in [2.45, 2.75) is 18.4 Å². The standard InChI is InChI=1S/C17H18N2O5S/c1-13-7-5-6-10-15(13)25(23,24)18-17(22)19(12-16(20)21)11-14-8-3-2-4-9-14/h2-10H,11-12H2,1H3,(H,18,22)(H,20,21). The average molecular weight is 362 g/mol. The molecule has 7 nitrogen and oxygen atoms in total. The third-order valence-electron chi connectivity index (χ3n) is 3.43. The van der Waals surface area contributed by atoms with E-state index in [0.29, 0.717) is 11.1 Å². The van der Waals surface area contributed by atoms with Gasteiger partial charge in [0.25, 0.3) is 10.0 Å². The first kappa shape index (κ1) is 18.5. The molecular weight excluding hydrogens is 344 g/mol. The normalized spacial score (nSPS) is 10.9. The number of nitrogens with zero attached hydrogens (tertiary/aromatic N) is 1. The zero-order valence-corrected chi connectivity index (χ0v) is 14.4. The molecule has 0 unspecified atom stereocenters. The Morgan fingerprint density at radius 2 is 1.64 bits per heavy atom. The van der Waals surface area contributed by atoms with Crippen molar-refractivity contribution in [2.75, 3.05) is 6.54 Å². The van der Waals surface area contributed by atoms with E-state index in [4.69, 9.17) is 5.11 Å². The van der Waals surface area contributed by atoms with Crippen LogP contribution in [0.4, 0.5) is 4.79 Å². The number of carbonyl (C=O) groups is 2. The van der Waals surface area contributed by atoms with Crippen molar-refractivity contribution in [3.8, 4) is 0 Å². The van der Waals surface area contributed by atoms with E-state index < -0.39 is 28.6 Å². The Morgan fingerprint density at radius 1 is 1.04 bits per heavy atom. The summed E-state index contributed by atoms with van der Waals surface area (Å²) in [6.07, 6.45) is 0. The van der Waals surface area contributed by atoms with Crippen LogP contribution in [0, 0.1) is 6.92 Å². The smallest absolute Gasteiger partial charge is 0.332 e. The van der Waals surface area contributed by atoms with Gasteiger partial charge < -0.3 is 10.0 Å². The van der Waals surface area contributed by atoms with Gasteiger partial charge >= 0.3 is 12.0 Å². The fourth-order valence-electron chi connectivity index (χ4n) is 2.26. The fourth-order valence-corrected chi connectivity index (χ4v) is 3.48. The topological polar surface area (TPSA) is 104 Å². The second kappa shape index (κ2) is 7.80. The number of urea groups is 1. The number of carboxylic acids is 1. The number of nitrogens with one attached hydrogen (secondary N) is 1. The number of hydrogen-bond acceptors (Lipinski definition) is 4. The van der Waals surface area contributed by atoms with E-state index in [-0.39, 0.29) is 11.4 Å². The van der Waals surface area contributed by atoms with Gasteiger partial charge in [-0.15, -0.1) is 0 Å². The molecule has 8 heteroatoms. The van der Waals surface area contributed by atoms with Gasteiger partial charge in [-0.05, 0) is 24.1 Å². The van der Waals surface area contributed by atoms with Crippen LogP contribution in [0.1, 0.15) is 11.1 Å². The zero-order valence-electron chi connectivity index (χ0n) is 13.5. The van der Waals surface area contributed by atoms with E-state index in [1.54, 1.807) is 55.5 Å². The lowest BCUT2D eigenvalue weighted by atomic mass is 10.2. The number of aliphatic carboxylic acids is 1. The molecule has 0 heterocycles. The molecule has 2 amide bonds. The van der Waals surface area contributed by atoms with Gasteiger partial charge in [0.05, 0.1) is 4.90 Å². The largest absolute Gasteiger partial charge is 0.480 e. The summed E-state index contributed by atoms with van der Waals surface area (Å²) >= 11 is 0. The highest BCUT2D eigenvalue weighted by Gasteiger charge is 2.24. The number of amides is 2. The van der Waals surface area contributed by atoms with E-state index in [1.165, 1.54) is 6.07 Å². The maximum absolute atomic E-state index is 12.4. The van der Waals surface area contributed by atoms with Gasteiger partial charge in [0, 0.05) is 6.54 Å². The highest BCUT2D eigenvalue weighted by Crippen LogP contribution is 2.14. The average Bonchev–Trinajstić information content (AvgIpc) is 2.54. The Balaban J connectivity index is 2.21. The second-order valence-corrected chi connectivity index (χ2v) is 7.06. The van der Waals surface area contributed by atoms with Gasteiger partial charge in [0.2, 0.25) is 0 Å². The number of benzene rings is 2. The summed E-state index contributed by atoms with van der Waals surface area (Å²) in [5, 5.41) is 9.00. The highest BCUT2D eigenvalue weighted by atomic mass is 32.2. The molecule has 0 fully saturated rings. The number of carboxylic acid groups (broad SMARTS) is 1. The number of sulfonamides is 1. The summed E-state index contributed by atoms with van der Waals surface area (Å²) in [6, 6.07) is 13.9. The monoisotopic (exact) mass is 362 g/mol. The Labute approximate surface area is 146 Å². The molecule has 0 radical (unpaired) electrons. The van der Waals surface area contributed by atoms with E-state index in [0.717, 1.165) is 4.90 Å². The molecule has 0 aliphatic rings. The predicted octanol–water partition coefficient (Wildman–Crippen LogP) is 1.98. The molecule has 0 aliphatic heterocycles. The summed E-state index contributed by atoms with van der Waals surface area (Å²) in [5.74, 6) is -1.24. The van der Waals surface area contributed by atoms with Crippen molar-refractivity contribution in [1.29, 1.82) is 0 Å². The first-order chi connectivity index (χ1) is 11.8. The molecule has 0 saturated heterocycles. The van der Waals surface area contributed by atoms with Gasteiger partial charge in [-0.2, -0.15) is 0 Å². The van der Waals surface area contributed by atoms with Crippen molar-refractivity contribution < 1.29 is 23.1 Å². The Morgan fingerprint density at radius 3 is 2.24 bits per heavy atom. The molecule has 2 rings (SSSR count). The molecule has 2 N–H and O–H groups in total. The van der Waals surface area contributed by atoms with Crippen LogP contribution in [0.2, 0.25) is 0 Å². The summed E-state index contributed by atoms with van der Waals surface area (Å²) in [6.45, 7) is 0.963. The molecule has 0 saturated carbocycles. The van der Waals surface area contributed by atoms with Crippen molar-refractivity contribution in [1.82, 2.24) is 9.62 Å². The summed E-state index contributed by atoms with van der Waals surface area (Å²) in [4.78, 5) is 24.3. The van der Waals surface area contributed by atoms with Crippen LogP contribution < -0.4 is 4.72 Å². The van der Waals surface area contributed by atoms with Crippen LogP contribution in [0.3, 0.4) is 0 Å². The maximum Gasteiger partial charge on any atom is 0.332 e. The maximum atomic E-state index is 12.4. The van der Waals surface area contributed by atoms with Gasteiger partial charge in [-0.3, -0.25) is 4.79 Å². The van der Waals surface area contributed by atoms with Crippen molar-refractivity contribution in [2.24, 2.45) is 0 Å². The van der Waals surface area contributed by atoms with E-state index in [2.05, 4.69) is 0 Å². The van der Waals surface area contributed by atoms with Gasteiger partial charge in [0.1, 0.15) is 6.54 Å². The first-order valence-corrected chi connectivity index (χ1v) is 8.91. The first-order valence-electron chi connectivity index (χ1n) is 7.42. The number of rotatable bonds is 6.